The topological polar surface area (TPSA) is 211 Å². The summed E-state index contributed by atoms with van der Waals surface area (Å²) in [5.41, 5.74) is 6.70. The van der Waals surface area contributed by atoms with Crippen molar-refractivity contribution in [3.8, 4) is 0 Å². The van der Waals surface area contributed by atoms with Gasteiger partial charge in [-0.1, -0.05) is 0 Å². The highest BCUT2D eigenvalue weighted by atomic mass is 19.4. The van der Waals surface area contributed by atoms with Gasteiger partial charge in [-0.05, 0) is 12.1 Å². The fraction of sp³-hybridized carbons (Fsp3) is 0.364. The molecule has 0 aromatic carbocycles. The van der Waals surface area contributed by atoms with E-state index in [1.165, 1.54) is 19.2 Å². The van der Waals surface area contributed by atoms with E-state index in [0.717, 1.165) is 0 Å². The predicted octanol–water partition coefficient (Wildman–Crippen LogP) is 1.20. The zero-order valence-corrected chi connectivity index (χ0v) is 21.1. The molecule has 0 aliphatic carbocycles. The number of aromatic nitrogens is 2. The van der Waals surface area contributed by atoms with E-state index < -0.39 is 24.0 Å². The van der Waals surface area contributed by atoms with Gasteiger partial charge in [-0.15, -0.1) is 0 Å². The first-order valence-electron chi connectivity index (χ1n) is 11.0. The van der Waals surface area contributed by atoms with E-state index >= 15 is 0 Å². The molecule has 39 heavy (non-hydrogen) atoms. The SMILES string of the molecule is COC(=O)CCC(=O)Nc1cc(C(=O)Nc2cc(C(=O)NCCC(=N)N)n(C)c2)n(C)c1.O=C(O)C(F)(F)F. The van der Waals surface area contributed by atoms with Gasteiger partial charge in [0.2, 0.25) is 5.91 Å². The monoisotopic (exact) mass is 559 g/mol. The van der Waals surface area contributed by atoms with Crippen molar-refractivity contribution in [1.29, 1.82) is 5.41 Å². The molecule has 17 heteroatoms. The predicted molar refractivity (Wildman–Crippen MR) is 131 cm³/mol. The Labute approximate surface area is 219 Å². The number of carbonyl (C=O) groups is 5. The summed E-state index contributed by atoms with van der Waals surface area (Å²) >= 11 is 0. The van der Waals surface area contributed by atoms with Crippen molar-refractivity contribution in [2.45, 2.75) is 25.4 Å². The van der Waals surface area contributed by atoms with Gasteiger partial charge in [0.25, 0.3) is 11.8 Å². The maximum atomic E-state index is 12.7. The van der Waals surface area contributed by atoms with Crippen molar-refractivity contribution in [2.24, 2.45) is 19.8 Å². The number of halogens is 3. The van der Waals surface area contributed by atoms with Crippen LogP contribution in [0, 0.1) is 5.41 Å². The molecular formula is C22H28F3N7O7. The van der Waals surface area contributed by atoms with Crippen LogP contribution in [0.4, 0.5) is 24.5 Å². The number of nitrogens with zero attached hydrogens (tertiary/aromatic N) is 2. The van der Waals surface area contributed by atoms with Gasteiger partial charge in [0.15, 0.2) is 0 Å². The van der Waals surface area contributed by atoms with Crippen molar-refractivity contribution in [1.82, 2.24) is 14.5 Å². The lowest BCUT2D eigenvalue weighted by molar-refractivity contribution is -0.192. The summed E-state index contributed by atoms with van der Waals surface area (Å²) in [4.78, 5) is 56.9. The number of amides is 3. The number of rotatable bonds is 10. The van der Waals surface area contributed by atoms with Crippen LogP contribution in [0.2, 0.25) is 0 Å². The molecule has 0 bridgehead atoms. The molecule has 3 amide bonds. The Hall–Kier alpha value is -4.83. The molecule has 0 aliphatic rings. The summed E-state index contributed by atoms with van der Waals surface area (Å²) in [6.07, 6.45) is -1.75. The normalized spacial score (nSPS) is 10.5. The molecule has 0 atom stereocenters. The van der Waals surface area contributed by atoms with E-state index in [9.17, 15) is 32.3 Å². The van der Waals surface area contributed by atoms with Crippen molar-refractivity contribution in [3.05, 3.63) is 35.9 Å². The standard InChI is InChI=1S/C20H27N7O5.C2HF3O2/c1-26-11-13(9-14(26)19(30)23-7-6-16(21)22)25-20(31)15-8-12(10-27(15)2)24-17(28)4-5-18(29)32-3;3-2(4,5)1(6)7/h8-11H,4-7H2,1-3H3,(H3,21,22)(H,23,30)(H,24,28)(H,25,31);(H,6,7). The van der Waals surface area contributed by atoms with Crippen LogP contribution in [0.1, 0.15) is 40.2 Å². The lowest BCUT2D eigenvalue weighted by Crippen LogP contribution is -2.28. The number of hydrogen-bond donors (Lipinski definition) is 6. The maximum Gasteiger partial charge on any atom is 0.490 e. The van der Waals surface area contributed by atoms with Gasteiger partial charge >= 0.3 is 18.1 Å². The van der Waals surface area contributed by atoms with E-state index in [0.29, 0.717) is 17.1 Å². The first-order valence-corrected chi connectivity index (χ1v) is 11.0. The Bertz CT molecular complexity index is 1240. The molecule has 0 radical (unpaired) electrons. The second kappa shape index (κ2) is 14.2. The summed E-state index contributed by atoms with van der Waals surface area (Å²) < 4.78 is 39.3. The molecule has 2 rings (SSSR count). The Morgan fingerprint density at radius 2 is 1.44 bits per heavy atom. The minimum Gasteiger partial charge on any atom is -0.475 e. The number of methoxy groups -OCH3 is 1. The van der Waals surface area contributed by atoms with Crippen molar-refractivity contribution in [2.75, 3.05) is 24.3 Å². The van der Waals surface area contributed by atoms with Gasteiger partial charge in [-0.2, -0.15) is 13.2 Å². The molecule has 7 N–H and O–H groups in total. The maximum absolute atomic E-state index is 12.7. The number of alkyl halides is 3. The quantitative estimate of drug-likeness (QED) is 0.141. The third-order valence-electron chi connectivity index (χ3n) is 4.72. The van der Waals surface area contributed by atoms with Crippen LogP contribution >= 0.6 is 0 Å². The highest BCUT2D eigenvalue weighted by molar-refractivity contribution is 6.05. The molecule has 0 spiro atoms. The molecule has 14 nitrogen and oxygen atoms in total. The van der Waals surface area contributed by atoms with Gasteiger partial charge in [-0.3, -0.25) is 24.6 Å². The molecular weight excluding hydrogens is 531 g/mol. The highest BCUT2D eigenvalue weighted by Gasteiger charge is 2.38. The number of amidine groups is 1. The van der Waals surface area contributed by atoms with E-state index in [4.69, 9.17) is 21.0 Å². The van der Waals surface area contributed by atoms with Gasteiger partial charge in [0.05, 0.1) is 30.7 Å². The van der Waals surface area contributed by atoms with Crippen LogP contribution < -0.4 is 21.7 Å². The van der Waals surface area contributed by atoms with Crippen LogP contribution in [-0.4, -0.2) is 69.6 Å². The van der Waals surface area contributed by atoms with Gasteiger partial charge < -0.3 is 40.7 Å². The number of anilines is 2. The van der Waals surface area contributed by atoms with Crippen LogP contribution in [-0.2, 0) is 33.2 Å². The minimum atomic E-state index is -5.08. The largest absolute Gasteiger partial charge is 0.490 e. The first-order chi connectivity index (χ1) is 18.0. The zero-order chi connectivity index (χ0) is 29.9. The Balaban J connectivity index is 0.000000956. The third-order valence-corrected chi connectivity index (χ3v) is 4.72. The Morgan fingerprint density at radius 3 is 1.90 bits per heavy atom. The smallest absolute Gasteiger partial charge is 0.475 e. The molecule has 0 saturated carbocycles. The molecule has 0 fully saturated rings. The summed E-state index contributed by atoms with van der Waals surface area (Å²) in [5, 5.41) is 22.3. The Morgan fingerprint density at radius 1 is 0.949 bits per heavy atom. The highest BCUT2D eigenvalue weighted by Crippen LogP contribution is 2.18. The number of ether oxygens (including phenoxy) is 1. The number of esters is 1. The third kappa shape index (κ3) is 11.0. The zero-order valence-electron chi connectivity index (χ0n) is 21.1. The molecule has 0 saturated heterocycles. The minimum absolute atomic E-state index is 0.0216. The van der Waals surface area contributed by atoms with E-state index in [-0.39, 0.29) is 49.2 Å². The van der Waals surface area contributed by atoms with Crippen molar-refractivity contribution in [3.63, 3.8) is 0 Å². The van der Waals surface area contributed by atoms with Crippen LogP contribution in [0.5, 0.6) is 0 Å². The van der Waals surface area contributed by atoms with E-state index in [2.05, 4.69) is 20.7 Å². The summed E-state index contributed by atoms with van der Waals surface area (Å²) in [6, 6.07) is 3.03. The van der Waals surface area contributed by atoms with Crippen LogP contribution in [0.15, 0.2) is 24.5 Å². The van der Waals surface area contributed by atoms with Crippen LogP contribution in [0.25, 0.3) is 0 Å². The molecule has 2 aromatic heterocycles. The lowest BCUT2D eigenvalue weighted by Gasteiger charge is -2.04. The molecule has 0 unspecified atom stereocenters. The Kier molecular flexibility index (Phi) is 11.7. The number of carbonyl (C=O) groups excluding carboxylic acids is 4. The number of carboxylic acid groups (broad SMARTS) is 1. The average molecular weight is 560 g/mol. The van der Waals surface area contributed by atoms with Crippen molar-refractivity contribution < 1.29 is 47.0 Å². The fourth-order valence-corrected chi connectivity index (χ4v) is 2.85. The number of carboxylic acids is 1. The fourth-order valence-electron chi connectivity index (χ4n) is 2.85. The number of aryl methyl sites for hydroxylation is 2. The second-order valence-corrected chi connectivity index (χ2v) is 7.86. The average Bonchev–Trinajstić information content (AvgIpc) is 3.38. The van der Waals surface area contributed by atoms with E-state index in [1.54, 1.807) is 35.6 Å². The van der Waals surface area contributed by atoms with Gasteiger partial charge in [0, 0.05) is 45.9 Å². The van der Waals surface area contributed by atoms with E-state index in [1.807, 2.05) is 0 Å². The number of nitrogens with one attached hydrogen (secondary N) is 4. The summed E-state index contributed by atoms with van der Waals surface area (Å²) in [7, 11) is 4.57. The lowest BCUT2D eigenvalue weighted by atomic mass is 10.3. The van der Waals surface area contributed by atoms with Gasteiger partial charge in [-0.25, -0.2) is 4.79 Å². The number of nitrogens with two attached hydrogens (primary N) is 1. The number of aliphatic carboxylic acids is 1. The van der Waals surface area contributed by atoms with Crippen LogP contribution in [0.3, 0.4) is 0 Å². The summed E-state index contributed by atoms with van der Waals surface area (Å²) in [5.74, 6) is -4.43. The molecule has 0 aliphatic heterocycles. The number of hydrogen-bond acceptors (Lipinski definition) is 7. The summed E-state index contributed by atoms with van der Waals surface area (Å²) in [6.45, 7) is 0.235. The second-order valence-electron chi connectivity index (χ2n) is 7.86. The molecule has 2 heterocycles. The molecule has 214 valence electrons. The molecule has 2 aromatic rings. The van der Waals surface area contributed by atoms with Crippen molar-refractivity contribution >= 4 is 46.9 Å². The first kappa shape index (κ1) is 32.2. The van der Waals surface area contributed by atoms with Gasteiger partial charge in [0.1, 0.15) is 11.4 Å².